The van der Waals surface area contributed by atoms with Gasteiger partial charge in [0.05, 0.1) is 6.61 Å². The Balaban J connectivity index is 1.45. The van der Waals surface area contributed by atoms with Gasteiger partial charge < -0.3 is 14.5 Å². The fourth-order valence-corrected chi connectivity index (χ4v) is 6.63. The number of anilines is 2. The number of aryl methyl sites for hydroxylation is 2. The predicted octanol–water partition coefficient (Wildman–Crippen LogP) is 6.60. The molecule has 220 valence electrons. The number of nitrogens with zero attached hydrogens (tertiary/aromatic N) is 5. The molecule has 0 spiro atoms. The molecule has 8 heteroatoms. The Labute approximate surface area is 244 Å². The van der Waals surface area contributed by atoms with Gasteiger partial charge in [0.25, 0.3) is 5.91 Å². The molecule has 3 heterocycles. The molecule has 41 heavy (non-hydrogen) atoms. The van der Waals surface area contributed by atoms with E-state index < -0.39 is 0 Å². The molecule has 2 fully saturated rings. The number of hydrogen-bond acceptors (Lipinski definition) is 6. The molecule has 1 amide bonds. The lowest BCUT2D eigenvalue weighted by atomic mass is 9.72. The van der Waals surface area contributed by atoms with Crippen LogP contribution in [0.2, 0.25) is 0 Å². The van der Waals surface area contributed by atoms with Gasteiger partial charge in [0.15, 0.2) is 11.3 Å². The molecule has 3 aromatic rings. The van der Waals surface area contributed by atoms with Crippen LogP contribution in [0.15, 0.2) is 30.3 Å². The highest BCUT2D eigenvalue weighted by Crippen LogP contribution is 2.43. The number of piperidine rings is 1. The van der Waals surface area contributed by atoms with Gasteiger partial charge in [-0.05, 0) is 81.8 Å². The Morgan fingerprint density at radius 1 is 1.05 bits per heavy atom. The molecule has 1 aliphatic heterocycles. The van der Waals surface area contributed by atoms with Crippen molar-refractivity contribution in [3.63, 3.8) is 0 Å². The Bertz CT molecular complexity index is 1390. The third-order valence-corrected chi connectivity index (χ3v) is 9.19. The Morgan fingerprint density at radius 2 is 1.71 bits per heavy atom. The van der Waals surface area contributed by atoms with E-state index in [0.29, 0.717) is 48.8 Å². The van der Waals surface area contributed by atoms with Crippen LogP contribution in [0.1, 0.15) is 98.9 Å². The van der Waals surface area contributed by atoms with Gasteiger partial charge in [0, 0.05) is 56.0 Å². The number of hydrogen-bond donors (Lipinski definition) is 0. The van der Waals surface area contributed by atoms with Gasteiger partial charge >= 0.3 is 5.97 Å². The third kappa shape index (κ3) is 6.26. The number of likely N-dealkylation sites (tertiary alicyclic amines) is 1. The number of rotatable bonds is 7. The summed E-state index contributed by atoms with van der Waals surface area (Å²) in [5.41, 5.74) is 6.10. The predicted molar refractivity (Wildman–Crippen MR) is 162 cm³/mol. The Kier molecular flexibility index (Phi) is 8.39. The quantitative estimate of drug-likeness (QED) is 0.303. The van der Waals surface area contributed by atoms with Crippen LogP contribution in [0.4, 0.5) is 11.5 Å². The minimum absolute atomic E-state index is 0.0771. The van der Waals surface area contributed by atoms with Crippen molar-refractivity contribution in [3.05, 3.63) is 52.8 Å². The molecule has 1 saturated carbocycles. The highest BCUT2D eigenvalue weighted by molar-refractivity contribution is 5.93. The second-order valence-electron chi connectivity index (χ2n) is 12.8. The first-order valence-electron chi connectivity index (χ1n) is 15.2. The molecule has 0 radical (unpaired) electrons. The van der Waals surface area contributed by atoms with Crippen LogP contribution in [-0.4, -0.2) is 58.1 Å². The highest BCUT2D eigenvalue weighted by Gasteiger charge is 2.31. The summed E-state index contributed by atoms with van der Waals surface area (Å²) in [7, 11) is 2.08. The normalized spacial score (nSPS) is 18.0. The van der Waals surface area contributed by atoms with Gasteiger partial charge in [0.2, 0.25) is 0 Å². The minimum Gasteiger partial charge on any atom is -0.466 e. The average Bonchev–Trinajstić information content (AvgIpc) is 3.37. The van der Waals surface area contributed by atoms with Crippen LogP contribution in [0, 0.1) is 25.2 Å². The van der Waals surface area contributed by atoms with Crippen molar-refractivity contribution < 1.29 is 14.3 Å². The number of ether oxygens (including phenoxy) is 1. The second-order valence-corrected chi connectivity index (χ2v) is 12.8. The summed E-state index contributed by atoms with van der Waals surface area (Å²) in [6, 6.07) is 10.4. The van der Waals surface area contributed by atoms with E-state index >= 15 is 0 Å². The molecule has 0 bridgehead atoms. The number of para-hydroxylation sites is 1. The zero-order valence-electron chi connectivity index (χ0n) is 25.6. The highest BCUT2D eigenvalue weighted by atomic mass is 16.5. The van der Waals surface area contributed by atoms with Crippen LogP contribution in [0.3, 0.4) is 0 Å². The summed E-state index contributed by atoms with van der Waals surface area (Å²) in [4.78, 5) is 34.7. The van der Waals surface area contributed by atoms with Gasteiger partial charge in [-0.1, -0.05) is 32.0 Å². The molecule has 1 saturated heterocycles. The van der Waals surface area contributed by atoms with E-state index in [1.165, 1.54) is 24.0 Å². The van der Waals surface area contributed by atoms with Crippen molar-refractivity contribution in [3.8, 4) is 0 Å². The van der Waals surface area contributed by atoms with Crippen molar-refractivity contribution in [1.82, 2.24) is 19.5 Å². The molecule has 0 N–H and O–H groups in total. The van der Waals surface area contributed by atoms with E-state index in [0.717, 1.165) is 42.9 Å². The van der Waals surface area contributed by atoms with Crippen LogP contribution in [-0.2, 0) is 9.53 Å². The van der Waals surface area contributed by atoms with Crippen LogP contribution >= 0.6 is 0 Å². The lowest BCUT2D eigenvalue weighted by molar-refractivity contribution is -0.144. The molecular formula is C33H45N5O3. The molecule has 1 aliphatic carbocycles. The summed E-state index contributed by atoms with van der Waals surface area (Å²) in [5, 5.41) is 4.84. The maximum Gasteiger partial charge on any atom is 0.306 e. The first kappa shape index (κ1) is 29.1. The van der Waals surface area contributed by atoms with E-state index in [2.05, 4.69) is 63.9 Å². The van der Waals surface area contributed by atoms with Gasteiger partial charge in [-0.2, -0.15) is 9.61 Å². The number of fused-ring (bicyclic) bond motifs is 1. The maximum atomic E-state index is 13.6. The lowest BCUT2D eigenvalue weighted by Crippen LogP contribution is -2.39. The van der Waals surface area contributed by atoms with Crippen molar-refractivity contribution >= 4 is 29.0 Å². The standard InChI is InChI=1S/C33H45N5O3/c1-7-41-30(39)19-24-13-17-37(18-14-24)32(40)27-20-28-34-26(25-11-15-33(4,5)16-12-25)21-29(38(28)35-27)36(6)31-22(2)9-8-10-23(31)3/h8-10,20-21,24-25H,7,11-19H2,1-6H3. The smallest absolute Gasteiger partial charge is 0.306 e. The lowest BCUT2D eigenvalue weighted by Gasteiger charge is -2.34. The summed E-state index contributed by atoms with van der Waals surface area (Å²) in [5.74, 6) is 1.33. The third-order valence-electron chi connectivity index (χ3n) is 9.19. The number of aromatic nitrogens is 3. The first-order valence-corrected chi connectivity index (χ1v) is 15.2. The zero-order valence-corrected chi connectivity index (χ0v) is 25.6. The summed E-state index contributed by atoms with van der Waals surface area (Å²) < 4.78 is 6.96. The summed E-state index contributed by atoms with van der Waals surface area (Å²) in [6.07, 6.45) is 6.59. The number of carbonyl (C=O) groups excluding carboxylic acids is 2. The largest absolute Gasteiger partial charge is 0.466 e. The van der Waals surface area contributed by atoms with Crippen molar-refractivity contribution in [2.24, 2.45) is 11.3 Å². The topological polar surface area (TPSA) is 80.0 Å². The number of benzene rings is 1. The van der Waals surface area contributed by atoms with Crippen LogP contribution in [0.25, 0.3) is 5.65 Å². The van der Waals surface area contributed by atoms with Gasteiger partial charge in [0.1, 0.15) is 5.82 Å². The van der Waals surface area contributed by atoms with E-state index in [-0.39, 0.29) is 17.8 Å². The van der Waals surface area contributed by atoms with E-state index in [9.17, 15) is 9.59 Å². The van der Waals surface area contributed by atoms with Gasteiger partial charge in [-0.25, -0.2) is 4.98 Å². The van der Waals surface area contributed by atoms with E-state index in [4.69, 9.17) is 14.8 Å². The molecule has 2 aliphatic rings. The molecule has 0 unspecified atom stereocenters. The van der Waals surface area contributed by atoms with Crippen molar-refractivity contribution in [2.45, 2.75) is 85.5 Å². The molecular weight excluding hydrogens is 514 g/mol. The molecule has 0 atom stereocenters. The minimum atomic E-state index is -0.151. The van der Waals surface area contributed by atoms with E-state index in [1.807, 2.05) is 22.4 Å². The number of amides is 1. The molecule has 8 nitrogen and oxygen atoms in total. The molecule has 5 rings (SSSR count). The first-order chi connectivity index (χ1) is 19.6. The summed E-state index contributed by atoms with van der Waals surface area (Å²) >= 11 is 0. The fourth-order valence-electron chi connectivity index (χ4n) is 6.63. The van der Waals surface area contributed by atoms with Gasteiger partial charge in [-0.3, -0.25) is 9.59 Å². The fraction of sp³-hybridized carbons (Fsp3) is 0.576. The van der Waals surface area contributed by atoms with Crippen molar-refractivity contribution in [2.75, 3.05) is 31.6 Å². The molecule has 1 aromatic carbocycles. The van der Waals surface area contributed by atoms with Crippen LogP contribution in [0.5, 0.6) is 0 Å². The Morgan fingerprint density at radius 3 is 2.34 bits per heavy atom. The van der Waals surface area contributed by atoms with Crippen molar-refractivity contribution in [1.29, 1.82) is 0 Å². The SMILES string of the molecule is CCOC(=O)CC1CCN(C(=O)c2cc3nc(C4CCC(C)(C)CC4)cc(N(C)c4c(C)cccc4C)n3n2)CC1. The van der Waals surface area contributed by atoms with Crippen LogP contribution < -0.4 is 4.90 Å². The monoisotopic (exact) mass is 559 g/mol. The Hall–Kier alpha value is -3.42. The number of esters is 1. The molecule has 2 aromatic heterocycles. The zero-order chi connectivity index (χ0) is 29.3. The average molecular weight is 560 g/mol. The van der Waals surface area contributed by atoms with Gasteiger partial charge in [-0.15, -0.1) is 0 Å². The number of carbonyl (C=O) groups is 2. The second kappa shape index (κ2) is 11.8. The van der Waals surface area contributed by atoms with E-state index in [1.54, 1.807) is 0 Å². The summed E-state index contributed by atoms with van der Waals surface area (Å²) in [6.45, 7) is 12.4. The maximum absolute atomic E-state index is 13.6.